The van der Waals surface area contributed by atoms with Gasteiger partial charge in [-0.2, -0.15) is 0 Å². The van der Waals surface area contributed by atoms with E-state index in [9.17, 15) is 4.79 Å². The molecule has 0 aliphatic carbocycles. The minimum atomic E-state index is -0.207. The minimum Gasteiger partial charge on any atom is -0.484 e. The van der Waals surface area contributed by atoms with E-state index in [1.165, 1.54) is 22.5 Å². The van der Waals surface area contributed by atoms with Crippen LogP contribution in [-0.4, -0.2) is 17.5 Å². The van der Waals surface area contributed by atoms with Crippen molar-refractivity contribution in [3.63, 3.8) is 0 Å². The van der Waals surface area contributed by atoms with E-state index in [1.54, 1.807) is 0 Å². The SMILES string of the molecule is Cc1cc(C)c2nc(NC(=O)COc3ccc(C(C)C)cc3)sc2c1. The molecule has 3 rings (SSSR count). The summed E-state index contributed by atoms with van der Waals surface area (Å²) in [6, 6.07) is 12.0. The lowest BCUT2D eigenvalue weighted by Crippen LogP contribution is -2.20. The second kappa shape index (κ2) is 7.23. The molecule has 0 spiro atoms. The molecule has 0 saturated carbocycles. The Kier molecular flexibility index (Phi) is 5.04. The van der Waals surface area contributed by atoms with Crippen molar-refractivity contribution in [2.45, 2.75) is 33.6 Å². The number of aromatic nitrogens is 1. The number of nitrogens with zero attached hydrogens (tertiary/aromatic N) is 1. The molecule has 0 radical (unpaired) electrons. The lowest BCUT2D eigenvalue weighted by molar-refractivity contribution is -0.118. The zero-order chi connectivity index (χ0) is 18.0. The summed E-state index contributed by atoms with van der Waals surface area (Å²) in [5.41, 5.74) is 4.50. The van der Waals surface area contributed by atoms with Gasteiger partial charge in [-0.1, -0.05) is 43.4 Å². The topological polar surface area (TPSA) is 51.2 Å². The number of hydrogen-bond donors (Lipinski definition) is 1. The first-order valence-electron chi connectivity index (χ1n) is 8.33. The summed E-state index contributed by atoms with van der Waals surface area (Å²) in [6.45, 7) is 8.34. The van der Waals surface area contributed by atoms with Crippen LogP contribution >= 0.6 is 11.3 Å². The van der Waals surface area contributed by atoms with E-state index in [2.05, 4.69) is 43.2 Å². The smallest absolute Gasteiger partial charge is 0.264 e. The van der Waals surface area contributed by atoms with Crippen molar-refractivity contribution in [3.05, 3.63) is 53.1 Å². The van der Waals surface area contributed by atoms with Gasteiger partial charge >= 0.3 is 0 Å². The predicted octanol–water partition coefficient (Wildman–Crippen LogP) is 5.05. The average Bonchev–Trinajstić information content (AvgIpc) is 2.96. The van der Waals surface area contributed by atoms with Gasteiger partial charge in [0.2, 0.25) is 0 Å². The number of ether oxygens (including phenoxy) is 1. The Morgan fingerprint density at radius 2 is 1.92 bits per heavy atom. The summed E-state index contributed by atoms with van der Waals surface area (Å²) in [7, 11) is 0. The van der Waals surface area contributed by atoms with Crippen molar-refractivity contribution >= 4 is 32.6 Å². The fourth-order valence-corrected chi connectivity index (χ4v) is 3.74. The molecule has 1 N–H and O–H groups in total. The van der Waals surface area contributed by atoms with Crippen LogP contribution in [0.15, 0.2) is 36.4 Å². The van der Waals surface area contributed by atoms with Crippen molar-refractivity contribution in [2.24, 2.45) is 0 Å². The molecule has 3 aromatic rings. The van der Waals surface area contributed by atoms with Crippen molar-refractivity contribution in [2.75, 3.05) is 11.9 Å². The van der Waals surface area contributed by atoms with E-state index < -0.39 is 0 Å². The molecule has 0 saturated heterocycles. The summed E-state index contributed by atoms with van der Waals surface area (Å²) in [5.74, 6) is 0.958. The molecule has 0 aliphatic heterocycles. The molecular formula is C20H22N2O2S. The van der Waals surface area contributed by atoms with Gasteiger partial charge in [-0.3, -0.25) is 10.1 Å². The highest BCUT2D eigenvalue weighted by Gasteiger charge is 2.10. The third kappa shape index (κ3) is 4.17. The Bertz CT molecular complexity index is 898. The third-order valence-corrected chi connectivity index (χ3v) is 4.91. The molecule has 130 valence electrons. The maximum atomic E-state index is 12.1. The third-order valence-electron chi connectivity index (χ3n) is 3.99. The Labute approximate surface area is 151 Å². The Balaban J connectivity index is 1.61. The summed E-state index contributed by atoms with van der Waals surface area (Å²) in [6.07, 6.45) is 0. The molecule has 2 aromatic carbocycles. The lowest BCUT2D eigenvalue weighted by Gasteiger charge is -2.08. The second-order valence-electron chi connectivity index (χ2n) is 6.51. The van der Waals surface area contributed by atoms with Crippen LogP contribution in [0.5, 0.6) is 5.75 Å². The van der Waals surface area contributed by atoms with E-state index in [-0.39, 0.29) is 12.5 Å². The maximum Gasteiger partial charge on any atom is 0.264 e. The minimum absolute atomic E-state index is 0.0328. The molecule has 0 aliphatic rings. The van der Waals surface area contributed by atoms with Gasteiger partial charge in [0.25, 0.3) is 5.91 Å². The Hall–Kier alpha value is -2.40. The maximum absolute atomic E-state index is 12.1. The van der Waals surface area contributed by atoms with Crippen molar-refractivity contribution in [3.8, 4) is 5.75 Å². The zero-order valence-corrected chi connectivity index (χ0v) is 15.7. The van der Waals surface area contributed by atoms with Crippen molar-refractivity contribution in [1.82, 2.24) is 4.98 Å². The van der Waals surface area contributed by atoms with Crippen LogP contribution in [0.1, 0.15) is 36.5 Å². The molecule has 1 amide bonds. The molecule has 5 heteroatoms. The average molecular weight is 354 g/mol. The van der Waals surface area contributed by atoms with E-state index in [0.29, 0.717) is 16.8 Å². The zero-order valence-electron chi connectivity index (χ0n) is 14.9. The largest absolute Gasteiger partial charge is 0.484 e. The van der Waals surface area contributed by atoms with Crippen LogP contribution in [0.2, 0.25) is 0 Å². The quantitative estimate of drug-likeness (QED) is 0.697. The fourth-order valence-electron chi connectivity index (χ4n) is 2.68. The Morgan fingerprint density at radius 1 is 1.20 bits per heavy atom. The molecular weight excluding hydrogens is 332 g/mol. The molecule has 1 heterocycles. The number of nitrogens with one attached hydrogen (secondary N) is 1. The Morgan fingerprint density at radius 3 is 2.60 bits per heavy atom. The number of carbonyl (C=O) groups is 1. The number of carbonyl (C=O) groups excluding carboxylic acids is 1. The van der Waals surface area contributed by atoms with Gasteiger partial charge < -0.3 is 4.74 Å². The van der Waals surface area contributed by atoms with E-state index in [4.69, 9.17) is 4.74 Å². The number of benzene rings is 2. The summed E-state index contributed by atoms with van der Waals surface area (Å²) in [4.78, 5) is 16.6. The van der Waals surface area contributed by atoms with Gasteiger partial charge in [-0.05, 0) is 54.7 Å². The van der Waals surface area contributed by atoms with Gasteiger partial charge in [0, 0.05) is 0 Å². The number of aryl methyl sites for hydroxylation is 2. The molecule has 0 bridgehead atoms. The standard InChI is InChI=1S/C20H22N2O2S/c1-12(2)15-5-7-16(8-6-15)24-11-18(23)21-20-22-19-14(4)9-13(3)10-17(19)25-20/h5-10,12H,11H2,1-4H3,(H,21,22,23). The second-order valence-corrected chi connectivity index (χ2v) is 7.54. The lowest BCUT2D eigenvalue weighted by atomic mass is 10.0. The summed E-state index contributed by atoms with van der Waals surface area (Å²) >= 11 is 1.48. The summed E-state index contributed by atoms with van der Waals surface area (Å²) in [5, 5.41) is 3.43. The van der Waals surface area contributed by atoms with Crippen LogP contribution in [0, 0.1) is 13.8 Å². The monoisotopic (exact) mass is 354 g/mol. The number of rotatable bonds is 5. The van der Waals surface area contributed by atoms with Gasteiger partial charge in [0.05, 0.1) is 10.2 Å². The van der Waals surface area contributed by atoms with Crippen molar-refractivity contribution < 1.29 is 9.53 Å². The number of fused-ring (bicyclic) bond motifs is 1. The van der Waals surface area contributed by atoms with Gasteiger partial charge in [-0.25, -0.2) is 4.98 Å². The van der Waals surface area contributed by atoms with Crippen LogP contribution in [0.3, 0.4) is 0 Å². The molecule has 0 atom stereocenters. The molecule has 0 unspecified atom stereocenters. The number of hydrogen-bond acceptors (Lipinski definition) is 4. The van der Waals surface area contributed by atoms with Gasteiger partial charge in [-0.15, -0.1) is 0 Å². The van der Waals surface area contributed by atoms with E-state index >= 15 is 0 Å². The molecule has 0 fully saturated rings. The highest BCUT2D eigenvalue weighted by molar-refractivity contribution is 7.22. The van der Waals surface area contributed by atoms with Crippen LogP contribution in [0.4, 0.5) is 5.13 Å². The molecule has 4 nitrogen and oxygen atoms in total. The van der Waals surface area contributed by atoms with E-state index in [0.717, 1.165) is 15.8 Å². The first kappa shape index (κ1) is 17.4. The number of anilines is 1. The molecule has 25 heavy (non-hydrogen) atoms. The highest BCUT2D eigenvalue weighted by atomic mass is 32.1. The first-order valence-corrected chi connectivity index (χ1v) is 9.14. The molecule has 1 aromatic heterocycles. The van der Waals surface area contributed by atoms with Gasteiger partial charge in [0.1, 0.15) is 5.75 Å². The summed E-state index contributed by atoms with van der Waals surface area (Å²) < 4.78 is 6.64. The van der Waals surface area contributed by atoms with Crippen LogP contribution < -0.4 is 10.1 Å². The van der Waals surface area contributed by atoms with Gasteiger partial charge in [0.15, 0.2) is 11.7 Å². The highest BCUT2D eigenvalue weighted by Crippen LogP contribution is 2.29. The van der Waals surface area contributed by atoms with Crippen molar-refractivity contribution in [1.29, 1.82) is 0 Å². The fraction of sp³-hybridized carbons (Fsp3) is 0.300. The van der Waals surface area contributed by atoms with Crippen LogP contribution in [0.25, 0.3) is 10.2 Å². The number of thiazole rings is 1. The van der Waals surface area contributed by atoms with E-state index in [1.807, 2.05) is 31.2 Å². The normalized spacial score (nSPS) is 11.1. The first-order chi connectivity index (χ1) is 11.9. The van der Waals surface area contributed by atoms with Crippen LogP contribution in [-0.2, 0) is 4.79 Å². The number of amides is 1. The predicted molar refractivity (Wildman–Crippen MR) is 104 cm³/mol.